The molecule has 0 aliphatic carbocycles. The summed E-state index contributed by atoms with van der Waals surface area (Å²) in [4.78, 5) is 17.2. The standard InChI is InChI=1S/C11H11BrN2O3/c1-2-17-11(16)7-6-13-9-8(12)4-3-5-14(9)10(7)15/h3-6,10,15H,2H2,1H3/t10-/m0/s1. The van der Waals surface area contributed by atoms with E-state index in [0.717, 1.165) is 4.48 Å². The minimum absolute atomic E-state index is 0.127. The summed E-state index contributed by atoms with van der Waals surface area (Å²) in [6.07, 6.45) is 5.48. The molecular formula is C11H11BrN2O3. The molecule has 2 rings (SSSR count). The van der Waals surface area contributed by atoms with Crippen molar-refractivity contribution in [3.05, 3.63) is 34.6 Å². The lowest BCUT2D eigenvalue weighted by atomic mass is 10.1. The van der Waals surface area contributed by atoms with Gasteiger partial charge in [-0.2, -0.15) is 0 Å². The second-order valence-electron chi connectivity index (χ2n) is 3.39. The first-order valence-corrected chi connectivity index (χ1v) is 5.90. The number of ether oxygens (including phenoxy) is 1. The van der Waals surface area contributed by atoms with Gasteiger partial charge in [0.15, 0.2) is 6.23 Å². The zero-order valence-electron chi connectivity index (χ0n) is 9.13. The Morgan fingerprint density at radius 3 is 3.18 bits per heavy atom. The first kappa shape index (κ1) is 12.1. The second kappa shape index (κ2) is 4.85. The number of carbonyl (C=O) groups is 1. The number of carbonyl (C=O) groups excluding carboxylic acids is 1. The topological polar surface area (TPSA) is 62.1 Å². The van der Waals surface area contributed by atoms with Crippen molar-refractivity contribution in [2.75, 3.05) is 6.61 Å². The Balaban J connectivity index is 2.31. The highest BCUT2D eigenvalue weighted by Crippen LogP contribution is 2.25. The van der Waals surface area contributed by atoms with Gasteiger partial charge in [-0.3, -0.25) is 0 Å². The third-order valence-corrected chi connectivity index (χ3v) is 2.95. The molecule has 0 aromatic carbocycles. The van der Waals surface area contributed by atoms with Gasteiger partial charge in [-0.05, 0) is 35.0 Å². The van der Waals surface area contributed by atoms with Crippen molar-refractivity contribution in [3.8, 4) is 0 Å². The Morgan fingerprint density at radius 1 is 1.71 bits per heavy atom. The van der Waals surface area contributed by atoms with Crippen LogP contribution in [-0.4, -0.2) is 34.6 Å². The SMILES string of the molecule is CCOC(=O)C1=CN=C2C(Br)=CC=CN2[C@H]1O. The lowest BCUT2D eigenvalue weighted by Crippen LogP contribution is -2.42. The lowest BCUT2D eigenvalue weighted by molar-refractivity contribution is -0.140. The fraction of sp³-hybridized carbons (Fsp3) is 0.273. The molecular weight excluding hydrogens is 288 g/mol. The Bertz CT molecular complexity index is 465. The maximum atomic E-state index is 11.6. The van der Waals surface area contributed by atoms with Crippen LogP contribution in [0.5, 0.6) is 0 Å². The fourth-order valence-electron chi connectivity index (χ4n) is 1.53. The number of esters is 1. The summed E-state index contributed by atoms with van der Waals surface area (Å²) < 4.78 is 5.59. The van der Waals surface area contributed by atoms with Crippen molar-refractivity contribution >= 4 is 27.7 Å². The van der Waals surface area contributed by atoms with Gasteiger partial charge in [0.05, 0.1) is 11.1 Å². The minimum Gasteiger partial charge on any atom is -0.462 e. The number of aliphatic hydroxyl groups excluding tert-OH is 1. The van der Waals surface area contributed by atoms with Crippen LogP contribution in [0.3, 0.4) is 0 Å². The van der Waals surface area contributed by atoms with E-state index in [2.05, 4.69) is 20.9 Å². The molecule has 2 aliphatic rings. The molecule has 0 saturated heterocycles. The number of nitrogens with zero attached hydrogens (tertiary/aromatic N) is 2. The van der Waals surface area contributed by atoms with Gasteiger partial charge in [0.2, 0.25) is 0 Å². The van der Waals surface area contributed by atoms with Gasteiger partial charge in [0, 0.05) is 12.4 Å². The molecule has 0 amide bonds. The highest BCUT2D eigenvalue weighted by molar-refractivity contribution is 9.12. The summed E-state index contributed by atoms with van der Waals surface area (Å²) in [6, 6.07) is 0. The molecule has 2 heterocycles. The second-order valence-corrected chi connectivity index (χ2v) is 4.25. The summed E-state index contributed by atoms with van der Waals surface area (Å²) in [5, 5.41) is 10.1. The van der Waals surface area contributed by atoms with Crippen molar-refractivity contribution in [2.24, 2.45) is 4.99 Å². The highest BCUT2D eigenvalue weighted by atomic mass is 79.9. The van der Waals surface area contributed by atoms with Crippen molar-refractivity contribution < 1.29 is 14.6 Å². The summed E-state index contributed by atoms with van der Waals surface area (Å²) in [5.74, 6) is 0.00919. The fourth-order valence-corrected chi connectivity index (χ4v) is 1.99. The van der Waals surface area contributed by atoms with E-state index in [9.17, 15) is 9.90 Å². The lowest BCUT2D eigenvalue weighted by Gasteiger charge is -2.32. The van der Waals surface area contributed by atoms with E-state index in [0.29, 0.717) is 5.84 Å². The van der Waals surface area contributed by atoms with E-state index in [1.807, 2.05) is 6.08 Å². The molecule has 1 atom stereocenters. The van der Waals surface area contributed by atoms with Crippen LogP contribution in [0.4, 0.5) is 0 Å². The molecule has 0 aromatic rings. The molecule has 0 fully saturated rings. The van der Waals surface area contributed by atoms with Crippen LogP contribution in [0.15, 0.2) is 39.6 Å². The molecule has 6 heteroatoms. The molecule has 0 aromatic heterocycles. The number of aliphatic imine (C=N–C) groups is 1. The summed E-state index contributed by atoms with van der Waals surface area (Å²) in [5.41, 5.74) is 0.127. The third-order valence-electron chi connectivity index (χ3n) is 2.33. The van der Waals surface area contributed by atoms with E-state index < -0.39 is 12.2 Å². The Kier molecular flexibility index (Phi) is 3.44. The van der Waals surface area contributed by atoms with Gasteiger partial charge in [0.25, 0.3) is 0 Å². The number of halogens is 1. The van der Waals surface area contributed by atoms with Crippen LogP contribution in [0.25, 0.3) is 0 Å². The quantitative estimate of drug-likeness (QED) is 0.780. The maximum Gasteiger partial charge on any atom is 0.340 e. The molecule has 0 bridgehead atoms. The zero-order chi connectivity index (χ0) is 12.4. The van der Waals surface area contributed by atoms with Crippen LogP contribution >= 0.6 is 15.9 Å². The highest BCUT2D eigenvalue weighted by Gasteiger charge is 2.32. The summed E-state index contributed by atoms with van der Waals surface area (Å²) in [6.45, 7) is 1.97. The predicted molar refractivity (Wildman–Crippen MR) is 66.1 cm³/mol. The third kappa shape index (κ3) is 2.18. The smallest absolute Gasteiger partial charge is 0.340 e. The van der Waals surface area contributed by atoms with E-state index in [4.69, 9.17) is 4.74 Å². The largest absolute Gasteiger partial charge is 0.462 e. The van der Waals surface area contributed by atoms with Gasteiger partial charge in [-0.15, -0.1) is 0 Å². The van der Waals surface area contributed by atoms with Gasteiger partial charge in [0.1, 0.15) is 11.4 Å². The normalized spacial score (nSPS) is 22.4. The molecule has 1 N–H and O–H groups in total. The number of amidine groups is 1. The minimum atomic E-state index is -1.07. The summed E-state index contributed by atoms with van der Waals surface area (Å²) >= 11 is 3.33. The number of hydrogen-bond acceptors (Lipinski definition) is 5. The van der Waals surface area contributed by atoms with E-state index in [-0.39, 0.29) is 12.2 Å². The summed E-state index contributed by atoms with van der Waals surface area (Å²) in [7, 11) is 0. The van der Waals surface area contributed by atoms with Crippen LogP contribution in [-0.2, 0) is 9.53 Å². The van der Waals surface area contributed by atoms with Crippen LogP contribution in [0.2, 0.25) is 0 Å². The van der Waals surface area contributed by atoms with E-state index in [1.165, 1.54) is 11.1 Å². The van der Waals surface area contributed by atoms with Gasteiger partial charge in [-0.1, -0.05) is 0 Å². The zero-order valence-corrected chi connectivity index (χ0v) is 10.7. The van der Waals surface area contributed by atoms with Crippen LogP contribution < -0.4 is 0 Å². The molecule has 2 aliphatic heterocycles. The van der Waals surface area contributed by atoms with Gasteiger partial charge in [-0.25, -0.2) is 9.79 Å². The van der Waals surface area contributed by atoms with E-state index >= 15 is 0 Å². The van der Waals surface area contributed by atoms with Crippen molar-refractivity contribution in [2.45, 2.75) is 13.2 Å². The average molecular weight is 299 g/mol. The molecule has 90 valence electrons. The number of aliphatic hydroxyl groups is 1. The molecule has 0 unspecified atom stereocenters. The maximum absolute atomic E-state index is 11.6. The molecule has 0 radical (unpaired) electrons. The van der Waals surface area contributed by atoms with Crippen LogP contribution in [0.1, 0.15) is 6.92 Å². The Morgan fingerprint density at radius 2 is 2.47 bits per heavy atom. The van der Waals surface area contributed by atoms with Gasteiger partial charge < -0.3 is 14.7 Å². The number of hydrogen-bond donors (Lipinski definition) is 1. The molecule has 5 nitrogen and oxygen atoms in total. The van der Waals surface area contributed by atoms with Crippen molar-refractivity contribution in [1.29, 1.82) is 0 Å². The molecule has 0 spiro atoms. The average Bonchev–Trinajstić information content (AvgIpc) is 2.31. The first-order chi connectivity index (χ1) is 8.15. The number of allylic oxidation sites excluding steroid dienone is 2. The van der Waals surface area contributed by atoms with Gasteiger partial charge >= 0.3 is 5.97 Å². The number of rotatable bonds is 2. The Hall–Kier alpha value is -1.40. The molecule has 0 saturated carbocycles. The van der Waals surface area contributed by atoms with Crippen molar-refractivity contribution in [3.63, 3.8) is 0 Å². The van der Waals surface area contributed by atoms with Crippen molar-refractivity contribution in [1.82, 2.24) is 4.90 Å². The predicted octanol–water partition coefficient (Wildman–Crippen LogP) is 1.27. The monoisotopic (exact) mass is 298 g/mol. The Labute approximate surface area is 107 Å². The number of fused-ring (bicyclic) bond motifs is 1. The molecule has 17 heavy (non-hydrogen) atoms. The first-order valence-electron chi connectivity index (χ1n) is 5.11. The van der Waals surface area contributed by atoms with E-state index in [1.54, 1.807) is 19.2 Å². The van der Waals surface area contributed by atoms with Crippen LogP contribution in [0, 0.1) is 0 Å².